The first kappa shape index (κ1) is 32.6. The van der Waals surface area contributed by atoms with E-state index in [9.17, 15) is 14.4 Å². The maximum Gasteiger partial charge on any atom is 0.319 e. The molecular weight excluding hydrogens is 690 g/mol. The number of rotatable bonds is 7. The molecule has 5 rings (SSSR count). The lowest BCUT2D eigenvalue weighted by Crippen LogP contribution is -2.57. The number of urea groups is 2. The summed E-state index contributed by atoms with van der Waals surface area (Å²) in [4.78, 5) is 47.8. The number of hydrogen-bond donors (Lipinski definition) is 3. The number of carbonyl (C=O) groups is 3. The van der Waals surface area contributed by atoms with Crippen LogP contribution < -0.4 is 21.7 Å². The van der Waals surface area contributed by atoms with Crippen molar-refractivity contribution in [3.63, 3.8) is 0 Å². The van der Waals surface area contributed by atoms with Gasteiger partial charge in [-0.2, -0.15) is 0 Å². The summed E-state index contributed by atoms with van der Waals surface area (Å²) in [5.74, 6) is -0.0571. The van der Waals surface area contributed by atoms with E-state index >= 15 is 0 Å². The Balaban J connectivity index is 1.25. The van der Waals surface area contributed by atoms with E-state index in [1.807, 2.05) is 47.4 Å². The molecule has 44 heavy (non-hydrogen) atoms. The molecule has 0 spiro atoms. The maximum atomic E-state index is 14.0. The Kier molecular flexibility index (Phi) is 11.1. The van der Waals surface area contributed by atoms with E-state index in [0.717, 1.165) is 46.1 Å². The van der Waals surface area contributed by atoms with Crippen molar-refractivity contribution in [3.05, 3.63) is 57.0 Å². The zero-order valence-corrected chi connectivity index (χ0v) is 28.3. The number of amides is 5. The molecule has 238 valence electrons. The number of piperidine rings is 3. The van der Waals surface area contributed by atoms with Crippen LogP contribution in [-0.2, 0) is 11.2 Å². The van der Waals surface area contributed by atoms with Crippen LogP contribution in [0.15, 0.2) is 51.4 Å². The predicted octanol–water partition coefficient (Wildman–Crippen LogP) is 4.94. The van der Waals surface area contributed by atoms with Gasteiger partial charge in [-0.25, -0.2) is 9.59 Å². The Bertz CT molecular complexity index is 1290. The van der Waals surface area contributed by atoms with E-state index < -0.39 is 12.1 Å². The molecule has 0 bridgehead atoms. The van der Waals surface area contributed by atoms with Gasteiger partial charge in [0, 0.05) is 59.3 Å². The van der Waals surface area contributed by atoms with E-state index in [4.69, 9.17) is 11.5 Å². The summed E-state index contributed by atoms with van der Waals surface area (Å²) in [6.45, 7) is 4.59. The van der Waals surface area contributed by atoms with Crippen LogP contribution in [0.4, 0.5) is 21.0 Å². The second-order valence-corrected chi connectivity index (χ2v) is 13.8. The Morgan fingerprint density at radius 1 is 0.864 bits per heavy atom. The molecule has 1 atom stereocenters. The molecule has 5 amide bonds. The van der Waals surface area contributed by atoms with Crippen LogP contribution in [-0.4, -0.2) is 90.1 Å². The van der Waals surface area contributed by atoms with Gasteiger partial charge in [0.2, 0.25) is 5.91 Å². The number of primary amides is 1. The van der Waals surface area contributed by atoms with E-state index in [1.165, 1.54) is 19.3 Å². The van der Waals surface area contributed by atoms with Crippen LogP contribution in [0.1, 0.15) is 50.5 Å². The van der Waals surface area contributed by atoms with E-state index in [0.29, 0.717) is 57.2 Å². The standard InChI is InChI=1S/C32H43Br2N7O3/c33-26-19-22(20-27(34)29(26)35)21-28(30(42)39-15-9-23(10-16-39)38-13-5-2-6-14-38)37-32(44)40-17-11-25(12-18-40)41(31(36)43)24-7-3-1-4-8-24/h1,3-4,7-8,19-20,23,25,28H,2,5-6,9-18,21,35H2,(H2,36,43)(H,37,44)/t28-/m1/s1. The molecule has 3 heterocycles. The lowest BCUT2D eigenvalue weighted by atomic mass is 9.98. The van der Waals surface area contributed by atoms with Crippen LogP contribution in [0.25, 0.3) is 0 Å². The number of halogens is 2. The van der Waals surface area contributed by atoms with Crippen molar-refractivity contribution < 1.29 is 14.4 Å². The number of nitrogens with two attached hydrogens (primary N) is 2. The predicted molar refractivity (Wildman–Crippen MR) is 180 cm³/mol. The summed E-state index contributed by atoms with van der Waals surface area (Å²) in [5.41, 5.74) is 14.1. The quantitative estimate of drug-likeness (QED) is 0.348. The summed E-state index contributed by atoms with van der Waals surface area (Å²) >= 11 is 7.03. The number of hydrogen-bond acceptors (Lipinski definition) is 5. The molecule has 10 nitrogen and oxygen atoms in total. The average molecular weight is 734 g/mol. The Hall–Kier alpha value is -2.83. The Labute approximate surface area is 276 Å². The first-order chi connectivity index (χ1) is 21.2. The molecule has 0 aromatic heterocycles. The zero-order valence-electron chi connectivity index (χ0n) is 25.1. The van der Waals surface area contributed by atoms with Gasteiger partial charge in [-0.3, -0.25) is 9.69 Å². The maximum absolute atomic E-state index is 14.0. The third-order valence-corrected chi connectivity index (χ3v) is 10.6. The smallest absolute Gasteiger partial charge is 0.319 e. The SMILES string of the molecule is NC(=O)N(c1ccccc1)C1CCN(C(=O)N[C@H](Cc2cc(Br)c(N)c(Br)c2)C(=O)N2CCC(N3CCCCC3)CC2)CC1. The van der Waals surface area contributed by atoms with Crippen molar-refractivity contribution in [2.75, 3.05) is 49.9 Å². The van der Waals surface area contributed by atoms with Crippen molar-refractivity contribution in [3.8, 4) is 0 Å². The molecule has 3 aliphatic heterocycles. The fourth-order valence-electron chi connectivity index (χ4n) is 6.82. The lowest BCUT2D eigenvalue weighted by molar-refractivity contribution is -0.134. The molecule has 3 fully saturated rings. The molecule has 0 radical (unpaired) electrons. The van der Waals surface area contributed by atoms with Crippen molar-refractivity contribution >= 4 is 61.2 Å². The van der Waals surface area contributed by atoms with Gasteiger partial charge >= 0.3 is 12.1 Å². The first-order valence-corrected chi connectivity index (χ1v) is 17.2. The number of carbonyl (C=O) groups excluding carboxylic acids is 3. The monoisotopic (exact) mass is 731 g/mol. The van der Waals surface area contributed by atoms with Gasteiger partial charge in [0.25, 0.3) is 0 Å². The van der Waals surface area contributed by atoms with Gasteiger partial charge in [0.1, 0.15) is 6.04 Å². The fourth-order valence-corrected chi connectivity index (χ4v) is 8.10. The van der Waals surface area contributed by atoms with Gasteiger partial charge in [-0.05, 0) is 113 Å². The van der Waals surface area contributed by atoms with Crippen LogP contribution in [0.5, 0.6) is 0 Å². The number of likely N-dealkylation sites (tertiary alicyclic amines) is 3. The highest BCUT2D eigenvalue weighted by molar-refractivity contribution is 9.11. The van der Waals surface area contributed by atoms with Gasteiger partial charge in [-0.15, -0.1) is 0 Å². The first-order valence-electron chi connectivity index (χ1n) is 15.7. The van der Waals surface area contributed by atoms with Crippen molar-refractivity contribution in [1.82, 2.24) is 20.0 Å². The summed E-state index contributed by atoms with van der Waals surface area (Å²) in [5, 5.41) is 3.08. The summed E-state index contributed by atoms with van der Waals surface area (Å²) in [6.07, 6.45) is 7.24. The number of benzene rings is 2. The number of nitrogen functional groups attached to an aromatic ring is 1. The molecule has 12 heteroatoms. The average Bonchev–Trinajstić information content (AvgIpc) is 3.04. The molecule has 0 aliphatic carbocycles. The molecule has 2 aromatic rings. The molecule has 3 aliphatic rings. The lowest BCUT2D eigenvalue weighted by Gasteiger charge is -2.41. The Morgan fingerprint density at radius 3 is 2.05 bits per heavy atom. The fraction of sp³-hybridized carbons (Fsp3) is 0.531. The van der Waals surface area contributed by atoms with Crippen molar-refractivity contribution in [1.29, 1.82) is 0 Å². The van der Waals surface area contributed by atoms with Gasteiger partial charge in [0.05, 0.1) is 5.69 Å². The van der Waals surface area contributed by atoms with Crippen LogP contribution >= 0.6 is 31.9 Å². The third-order valence-electron chi connectivity index (χ3n) is 9.25. The molecule has 5 N–H and O–H groups in total. The zero-order chi connectivity index (χ0) is 31.2. The highest BCUT2D eigenvalue weighted by Crippen LogP contribution is 2.31. The van der Waals surface area contributed by atoms with Crippen molar-refractivity contribution in [2.24, 2.45) is 5.73 Å². The second-order valence-electron chi connectivity index (χ2n) is 12.1. The molecule has 2 aromatic carbocycles. The van der Waals surface area contributed by atoms with E-state index in [-0.39, 0.29) is 18.0 Å². The second kappa shape index (κ2) is 15.0. The number of nitrogens with one attached hydrogen (secondary N) is 1. The largest absolute Gasteiger partial charge is 0.397 e. The minimum atomic E-state index is -0.722. The van der Waals surface area contributed by atoms with Gasteiger partial charge in [0.15, 0.2) is 0 Å². The van der Waals surface area contributed by atoms with Crippen LogP contribution in [0, 0.1) is 0 Å². The van der Waals surface area contributed by atoms with Crippen molar-refractivity contribution in [2.45, 2.75) is 69.5 Å². The highest BCUT2D eigenvalue weighted by Gasteiger charge is 2.34. The number of anilines is 2. The summed E-state index contributed by atoms with van der Waals surface area (Å²) in [7, 11) is 0. The van der Waals surface area contributed by atoms with Crippen LogP contribution in [0.3, 0.4) is 0 Å². The normalized spacial score (nSPS) is 19.4. The summed E-state index contributed by atoms with van der Waals surface area (Å²) in [6, 6.07) is 12.1. The third kappa shape index (κ3) is 7.87. The molecule has 3 saturated heterocycles. The topological polar surface area (TPSA) is 128 Å². The van der Waals surface area contributed by atoms with E-state index in [2.05, 4.69) is 42.1 Å². The molecule has 0 unspecified atom stereocenters. The highest BCUT2D eigenvalue weighted by atomic mass is 79.9. The number of para-hydroxylation sites is 1. The van der Waals surface area contributed by atoms with E-state index in [1.54, 1.807) is 9.80 Å². The van der Waals surface area contributed by atoms with Crippen LogP contribution in [0.2, 0.25) is 0 Å². The molecule has 0 saturated carbocycles. The van der Waals surface area contributed by atoms with Gasteiger partial charge < -0.3 is 31.5 Å². The summed E-state index contributed by atoms with van der Waals surface area (Å²) < 4.78 is 1.47. The Morgan fingerprint density at radius 2 is 1.45 bits per heavy atom. The minimum Gasteiger partial charge on any atom is -0.397 e. The minimum absolute atomic E-state index is 0.0571. The molecular formula is C32H43Br2N7O3. The van der Waals surface area contributed by atoms with Gasteiger partial charge in [-0.1, -0.05) is 24.6 Å². The number of nitrogens with zero attached hydrogens (tertiary/aromatic N) is 4.